The minimum Gasteiger partial charge on any atom is -0.316 e. The van der Waals surface area contributed by atoms with Crippen LogP contribution in [0.5, 0.6) is 0 Å². The smallest absolute Gasteiger partial charge is 0.225 e. The molecule has 5 nitrogen and oxygen atoms in total. The normalized spacial score (nSPS) is 19.9. The average Bonchev–Trinajstić information content (AvgIpc) is 2.87. The largest absolute Gasteiger partial charge is 0.316 e. The summed E-state index contributed by atoms with van der Waals surface area (Å²) in [4.78, 5) is 11.6. The Morgan fingerprint density at radius 2 is 2.62 bits per heavy atom. The number of anilines is 1. The number of aryl methyl sites for hydroxylation is 1. The minimum absolute atomic E-state index is 0.0607. The maximum atomic E-state index is 11.6. The van der Waals surface area contributed by atoms with Gasteiger partial charge in [0.25, 0.3) is 0 Å². The van der Waals surface area contributed by atoms with Gasteiger partial charge in [-0.05, 0) is 31.8 Å². The monoisotopic (exact) mass is 222 g/mol. The first-order chi connectivity index (χ1) is 7.74. The highest BCUT2D eigenvalue weighted by Crippen LogP contribution is 2.14. The molecule has 0 aliphatic carbocycles. The SMILES string of the molecule is Cn1ccc(NC(=O)CCC2CCNC2)n1. The lowest BCUT2D eigenvalue weighted by atomic mass is 10.0. The number of rotatable bonds is 4. The standard InChI is InChI=1S/C11H18N4O/c1-15-7-5-10(14-15)13-11(16)3-2-9-4-6-12-8-9/h5,7,9,12H,2-4,6,8H2,1H3,(H,13,14,16). The summed E-state index contributed by atoms with van der Waals surface area (Å²) in [5.74, 6) is 1.36. The fraction of sp³-hybridized carbons (Fsp3) is 0.636. The van der Waals surface area contributed by atoms with Crippen molar-refractivity contribution in [3.63, 3.8) is 0 Å². The number of aromatic nitrogens is 2. The molecule has 2 N–H and O–H groups in total. The van der Waals surface area contributed by atoms with Crippen LogP contribution in [0.1, 0.15) is 19.3 Å². The molecule has 0 bridgehead atoms. The summed E-state index contributed by atoms with van der Waals surface area (Å²) < 4.78 is 1.68. The predicted molar refractivity (Wildman–Crippen MR) is 62.0 cm³/mol. The van der Waals surface area contributed by atoms with Gasteiger partial charge in [-0.2, -0.15) is 5.10 Å². The highest BCUT2D eigenvalue weighted by atomic mass is 16.1. The lowest BCUT2D eigenvalue weighted by Gasteiger charge is -2.07. The van der Waals surface area contributed by atoms with Gasteiger partial charge < -0.3 is 10.6 Å². The molecular formula is C11H18N4O. The summed E-state index contributed by atoms with van der Waals surface area (Å²) >= 11 is 0. The third-order valence-electron chi connectivity index (χ3n) is 2.92. The van der Waals surface area contributed by atoms with Crippen molar-refractivity contribution in [1.82, 2.24) is 15.1 Å². The Kier molecular flexibility index (Phi) is 3.56. The summed E-state index contributed by atoms with van der Waals surface area (Å²) in [7, 11) is 1.83. The van der Waals surface area contributed by atoms with E-state index in [0.717, 1.165) is 19.5 Å². The minimum atomic E-state index is 0.0607. The van der Waals surface area contributed by atoms with Crippen LogP contribution in [0.2, 0.25) is 0 Å². The van der Waals surface area contributed by atoms with Gasteiger partial charge in [0, 0.05) is 25.7 Å². The number of hydrogen-bond acceptors (Lipinski definition) is 3. The molecule has 1 aliphatic heterocycles. The Hall–Kier alpha value is -1.36. The second-order valence-electron chi connectivity index (χ2n) is 4.32. The van der Waals surface area contributed by atoms with Crippen LogP contribution >= 0.6 is 0 Å². The third kappa shape index (κ3) is 3.06. The molecule has 2 heterocycles. The van der Waals surface area contributed by atoms with Crippen LogP contribution in [-0.4, -0.2) is 28.8 Å². The van der Waals surface area contributed by atoms with Crippen molar-refractivity contribution in [2.75, 3.05) is 18.4 Å². The molecule has 1 atom stereocenters. The van der Waals surface area contributed by atoms with Gasteiger partial charge >= 0.3 is 0 Å². The third-order valence-corrected chi connectivity index (χ3v) is 2.92. The van der Waals surface area contributed by atoms with Crippen molar-refractivity contribution >= 4 is 11.7 Å². The van der Waals surface area contributed by atoms with Gasteiger partial charge in [0.05, 0.1) is 0 Å². The van der Waals surface area contributed by atoms with Gasteiger partial charge in [-0.15, -0.1) is 0 Å². The molecular weight excluding hydrogens is 204 g/mol. The second kappa shape index (κ2) is 5.12. The van der Waals surface area contributed by atoms with Crippen LogP contribution in [-0.2, 0) is 11.8 Å². The van der Waals surface area contributed by atoms with Crippen LogP contribution in [0.15, 0.2) is 12.3 Å². The van der Waals surface area contributed by atoms with Crippen molar-refractivity contribution in [2.45, 2.75) is 19.3 Å². The Bertz CT molecular complexity index is 355. The fourth-order valence-electron chi connectivity index (χ4n) is 1.98. The van der Waals surface area contributed by atoms with Crippen molar-refractivity contribution in [1.29, 1.82) is 0 Å². The number of carbonyl (C=O) groups excluding carboxylic acids is 1. The van der Waals surface area contributed by atoms with Crippen LogP contribution in [0.4, 0.5) is 5.82 Å². The van der Waals surface area contributed by atoms with E-state index >= 15 is 0 Å². The summed E-state index contributed by atoms with van der Waals surface area (Å²) in [6.45, 7) is 2.14. The molecule has 1 unspecified atom stereocenters. The Balaban J connectivity index is 1.71. The zero-order valence-electron chi connectivity index (χ0n) is 9.57. The van der Waals surface area contributed by atoms with E-state index < -0.39 is 0 Å². The van der Waals surface area contributed by atoms with E-state index in [1.165, 1.54) is 6.42 Å². The van der Waals surface area contributed by atoms with E-state index in [1.807, 2.05) is 13.2 Å². The first-order valence-corrected chi connectivity index (χ1v) is 5.74. The van der Waals surface area contributed by atoms with E-state index in [2.05, 4.69) is 15.7 Å². The number of nitrogens with one attached hydrogen (secondary N) is 2. The van der Waals surface area contributed by atoms with Gasteiger partial charge in [-0.1, -0.05) is 0 Å². The van der Waals surface area contributed by atoms with Gasteiger partial charge in [0.2, 0.25) is 5.91 Å². The van der Waals surface area contributed by atoms with Crippen LogP contribution < -0.4 is 10.6 Å². The highest BCUT2D eigenvalue weighted by molar-refractivity contribution is 5.89. The van der Waals surface area contributed by atoms with E-state index in [-0.39, 0.29) is 5.91 Å². The molecule has 1 aliphatic rings. The van der Waals surface area contributed by atoms with Crippen LogP contribution in [0, 0.1) is 5.92 Å². The number of hydrogen-bond donors (Lipinski definition) is 2. The van der Waals surface area contributed by atoms with Crippen molar-refractivity contribution in [3.8, 4) is 0 Å². The topological polar surface area (TPSA) is 59.0 Å². The van der Waals surface area contributed by atoms with Crippen molar-refractivity contribution in [2.24, 2.45) is 13.0 Å². The number of amides is 1. The molecule has 1 fully saturated rings. The van der Waals surface area contributed by atoms with Crippen molar-refractivity contribution < 1.29 is 4.79 Å². The average molecular weight is 222 g/mol. The lowest BCUT2D eigenvalue weighted by Crippen LogP contribution is -2.15. The summed E-state index contributed by atoms with van der Waals surface area (Å²) in [5.41, 5.74) is 0. The lowest BCUT2D eigenvalue weighted by molar-refractivity contribution is -0.116. The Morgan fingerprint density at radius 3 is 3.25 bits per heavy atom. The van der Waals surface area contributed by atoms with E-state index in [1.54, 1.807) is 10.7 Å². The molecule has 1 aromatic heterocycles. The highest BCUT2D eigenvalue weighted by Gasteiger charge is 2.15. The Morgan fingerprint density at radius 1 is 1.75 bits per heavy atom. The molecule has 1 amide bonds. The van der Waals surface area contributed by atoms with Crippen molar-refractivity contribution in [3.05, 3.63) is 12.3 Å². The van der Waals surface area contributed by atoms with Gasteiger partial charge in [-0.3, -0.25) is 9.48 Å². The summed E-state index contributed by atoms with van der Waals surface area (Å²) in [6, 6.07) is 1.80. The number of carbonyl (C=O) groups is 1. The van der Waals surface area contributed by atoms with E-state index in [9.17, 15) is 4.79 Å². The quantitative estimate of drug-likeness (QED) is 0.790. The number of nitrogens with zero attached hydrogens (tertiary/aromatic N) is 2. The molecule has 0 spiro atoms. The van der Waals surface area contributed by atoms with Gasteiger partial charge in [0.1, 0.15) is 0 Å². The molecule has 0 saturated carbocycles. The predicted octanol–water partition coefficient (Wildman–Crippen LogP) is 0.748. The summed E-state index contributed by atoms with van der Waals surface area (Å²) in [5, 5.41) is 10.2. The van der Waals surface area contributed by atoms with E-state index in [4.69, 9.17) is 0 Å². The molecule has 5 heteroatoms. The molecule has 1 saturated heterocycles. The zero-order chi connectivity index (χ0) is 11.4. The molecule has 16 heavy (non-hydrogen) atoms. The second-order valence-corrected chi connectivity index (χ2v) is 4.32. The van der Waals surface area contributed by atoms with Crippen LogP contribution in [0.25, 0.3) is 0 Å². The van der Waals surface area contributed by atoms with Gasteiger partial charge in [0.15, 0.2) is 5.82 Å². The van der Waals surface area contributed by atoms with Crippen LogP contribution in [0.3, 0.4) is 0 Å². The first-order valence-electron chi connectivity index (χ1n) is 5.74. The molecule has 0 radical (unpaired) electrons. The fourth-order valence-corrected chi connectivity index (χ4v) is 1.98. The summed E-state index contributed by atoms with van der Waals surface area (Å²) in [6.07, 6.45) is 4.56. The molecule has 2 rings (SSSR count). The maximum Gasteiger partial charge on any atom is 0.225 e. The zero-order valence-corrected chi connectivity index (χ0v) is 9.57. The molecule has 1 aromatic rings. The van der Waals surface area contributed by atoms with E-state index in [0.29, 0.717) is 18.2 Å². The maximum absolute atomic E-state index is 11.6. The first kappa shape index (κ1) is 11.1. The molecule has 88 valence electrons. The van der Waals surface area contributed by atoms with Gasteiger partial charge in [-0.25, -0.2) is 0 Å². The Labute approximate surface area is 95.2 Å². The molecule has 0 aromatic carbocycles.